The summed E-state index contributed by atoms with van der Waals surface area (Å²) in [5, 5.41) is 2.90. The lowest BCUT2D eigenvalue weighted by Crippen LogP contribution is -2.59. The summed E-state index contributed by atoms with van der Waals surface area (Å²) in [5.74, 6) is -0.704. The van der Waals surface area contributed by atoms with Crippen molar-refractivity contribution in [3.05, 3.63) is 59.7 Å². The Morgan fingerprint density at radius 2 is 1.97 bits per heavy atom. The number of carbonyl (C=O) groups excluding carboxylic acids is 3. The lowest BCUT2D eigenvalue weighted by Gasteiger charge is -2.36. The van der Waals surface area contributed by atoms with Crippen molar-refractivity contribution in [1.29, 1.82) is 0 Å². The third kappa shape index (κ3) is 5.09. The fourth-order valence-corrected chi connectivity index (χ4v) is 4.76. The van der Waals surface area contributed by atoms with Crippen molar-refractivity contribution in [2.75, 3.05) is 39.9 Å². The van der Waals surface area contributed by atoms with Crippen LogP contribution >= 0.6 is 0 Å². The molecule has 0 saturated carbocycles. The highest BCUT2D eigenvalue weighted by Gasteiger charge is 2.41. The highest BCUT2D eigenvalue weighted by molar-refractivity contribution is 5.93. The van der Waals surface area contributed by atoms with Gasteiger partial charge in [0, 0.05) is 46.1 Å². The number of piperazine rings is 1. The minimum atomic E-state index is -0.582. The Hall–Kier alpha value is -3.19. The number of likely N-dealkylation sites (tertiary alicyclic amines) is 1. The number of aryl methyl sites for hydroxylation is 1. The van der Waals surface area contributed by atoms with Crippen molar-refractivity contribution in [1.82, 2.24) is 15.1 Å². The van der Waals surface area contributed by atoms with Gasteiger partial charge in [-0.25, -0.2) is 0 Å². The van der Waals surface area contributed by atoms with E-state index in [1.165, 1.54) is 5.56 Å². The van der Waals surface area contributed by atoms with Crippen molar-refractivity contribution >= 4 is 17.7 Å². The molecule has 3 amide bonds. The first kappa shape index (κ1) is 23.0. The summed E-state index contributed by atoms with van der Waals surface area (Å²) in [6.07, 6.45) is 0.626. The van der Waals surface area contributed by atoms with E-state index in [1.54, 1.807) is 16.9 Å². The maximum atomic E-state index is 13.4. The van der Waals surface area contributed by atoms with Gasteiger partial charge in [0.1, 0.15) is 6.04 Å². The van der Waals surface area contributed by atoms with Crippen LogP contribution in [0.25, 0.3) is 11.1 Å². The number of nitrogens with one attached hydrogen (secondary N) is 1. The second kappa shape index (κ2) is 10.2. The van der Waals surface area contributed by atoms with Gasteiger partial charge in [0.25, 0.3) is 0 Å². The number of hydrogen-bond acceptors (Lipinski definition) is 4. The number of hydrogen-bond donors (Lipinski definition) is 1. The number of carbonyl (C=O) groups is 3. The molecule has 0 aromatic heterocycles. The summed E-state index contributed by atoms with van der Waals surface area (Å²) in [6, 6.07) is 15.8. The van der Waals surface area contributed by atoms with E-state index < -0.39 is 12.0 Å². The summed E-state index contributed by atoms with van der Waals surface area (Å²) in [6.45, 7) is 4.27. The molecule has 2 aliphatic heterocycles. The molecule has 0 aliphatic carbocycles. The number of nitrogens with zero attached hydrogens (tertiary/aromatic N) is 2. The zero-order chi connectivity index (χ0) is 23.4. The Bertz CT molecular complexity index is 1040. The van der Waals surface area contributed by atoms with Crippen LogP contribution in [0.1, 0.15) is 17.5 Å². The van der Waals surface area contributed by atoms with Crippen LogP contribution in [0.5, 0.6) is 0 Å². The predicted molar refractivity (Wildman–Crippen MR) is 125 cm³/mol. The molecular weight excluding hydrogens is 418 g/mol. The lowest BCUT2D eigenvalue weighted by molar-refractivity contribution is -0.146. The van der Waals surface area contributed by atoms with Crippen LogP contribution < -0.4 is 5.32 Å². The summed E-state index contributed by atoms with van der Waals surface area (Å²) in [4.78, 5) is 41.9. The molecule has 7 nitrogen and oxygen atoms in total. The van der Waals surface area contributed by atoms with Crippen LogP contribution in [0.4, 0.5) is 0 Å². The largest absolute Gasteiger partial charge is 0.383 e. The molecule has 1 N–H and O–H groups in total. The molecule has 174 valence electrons. The van der Waals surface area contributed by atoms with Gasteiger partial charge in [-0.3, -0.25) is 14.4 Å². The van der Waals surface area contributed by atoms with Gasteiger partial charge in [-0.15, -0.1) is 0 Å². The standard InChI is InChI=1S/C26H31N3O4/c1-18-6-3-4-9-22(18)20-8-5-7-19(14-20)15-23-25(31)27-10-11-29(23)26(32)21-16-24(30)28(17-21)12-13-33-2/h3-9,14,21,23H,10-13,15-17H2,1-2H3,(H,27,31). The molecule has 2 fully saturated rings. The molecule has 0 spiro atoms. The van der Waals surface area contributed by atoms with E-state index in [9.17, 15) is 14.4 Å². The van der Waals surface area contributed by atoms with Gasteiger partial charge in [-0.2, -0.15) is 0 Å². The zero-order valence-corrected chi connectivity index (χ0v) is 19.3. The van der Waals surface area contributed by atoms with E-state index in [-0.39, 0.29) is 24.1 Å². The van der Waals surface area contributed by atoms with E-state index in [2.05, 4.69) is 36.5 Å². The number of ether oxygens (including phenoxy) is 1. The average Bonchev–Trinajstić information content (AvgIpc) is 3.19. The number of methoxy groups -OCH3 is 1. The van der Waals surface area contributed by atoms with Gasteiger partial charge in [0.05, 0.1) is 12.5 Å². The first-order chi connectivity index (χ1) is 16.0. The van der Waals surface area contributed by atoms with Gasteiger partial charge < -0.3 is 19.9 Å². The van der Waals surface area contributed by atoms with Gasteiger partial charge in [-0.05, 0) is 29.2 Å². The summed E-state index contributed by atoms with van der Waals surface area (Å²) < 4.78 is 5.07. The van der Waals surface area contributed by atoms with E-state index in [4.69, 9.17) is 4.74 Å². The van der Waals surface area contributed by atoms with E-state index in [0.29, 0.717) is 39.2 Å². The van der Waals surface area contributed by atoms with E-state index in [1.807, 2.05) is 24.3 Å². The Balaban J connectivity index is 1.51. The highest BCUT2D eigenvalue weighted by atomic mass is 16.5. The molecule has 2 aliphatic rings. The van der Waals surface area contributed by atoms with Crippen LogP contribution in [0, 0.1) is 12.8 Å². The molecule has 2 aromatic rings. The van der Waals surface area contributed by atoms with Crippen molar-refractivity contribution in [2.24, 2.45) is 5.92 Å². The Morgan fingerprint density at radius 1 is 1.15 bits per heavy atom. The minimum Gasteiger partial charge on any atom is -0.383 e. The summed E-state index contributed by atoms with van der Waals surface area (Å²) in [5.41, 5.74) is 4.43. The Kier molecular flexibility index (Phi) is 7.08. The van der Waals surface area contributed by atoms with Gasteiger partial charge >= 0.3 is 0 Å². The number of rotatable bonds is 7. The second-order valence-electron chi connectivity index (χ2n) is 8.79. The molecule has 33 heavy (non-hydrogen) atoms. The molecule has 2 saturated heterocycles. The maximum absolute atomic E-state index is 13.4. The molecular formula is C26H31N3O4. The molecule has 2 atom stereocenters. The van der Waals surface area contributed by atoms with Crippen LogP contribution in [0.2, 0.25) is 0 Å². The fraction of sp³-hybridized carbons (Fsp3) is 0.423. The van der Waals surface area contributed by atoms with E-state index in [0.717, 1.165) is 16.7 Å². The second-order valence-corrected chi connectivity index (χ2v) is 8.79. The predicted octanol–water partition coefficient (Wildman–Crippen LogP) is 2.03. The molecule has 7 heteroatoms. The fourth-order valence-electron chi connectivity index (χ4n) is 4.76. The molecule has 2 aromatic carbocycles. The number of amides is 3. The maximum Gasteiger partial charge on any atom is 0.243 e. The SMILES string of the molecule is COCCN1CC(C(=O)N2CCNC(=O)C2Cc2cccc(-c3ccccc3C)c2)CC1=O. The Labute approximate surface area is 194 Å². The molecule has 2 unspecified atom stereocenters. The topological polar surface area (TPSA) is 79.0 Å². The third-order valence-corrected chi connectivity index (χ3v) is 6.56. The average molecular weight is 450 g/mol. The lowest BCUT2D eigenvalue weighted by atomic mass is 9.95. The zero-order valence-electron chi connectivity index (χ0n) is 19.3. The van der Waals surface area contributed by atoms with Crippen LogP contribution in [-0.4, -0.2) is 73.5 Å². The third-order valence-electron chi connectivity index (χ3n) is 6.56. The van der Waals surface area contributed by atoms with Gasteiger partial charge in [0.2, 0.25) is 17.7 Å². The normalized spacial score (nSPS) is 20.8. The van der Waals surface area contributed by atoms with Gasteiger partial charge in [-0.1, -0.05) is 48.5 Å². The number of benzene rings is 2. The summed E-state index contributed by atoms with van der Waals surface area (Å²) >= 11 is 0. The first-order valence-corrected chi connectivity index (χ1v) is 11.5. The molecule has 0 bridgehead atoms. The summed E-state index contributed by atoms with van der Waals surface area (Å²) in [7, 11) is 1.59. The molecule has 0 radical (unpaired) electrons. The first-order valence-electron chi connectivity index (χ1n) is 11.5. The highest BCUT2D eigenvalue weighted by Crippen LogP contribution is 2.26. The smallest absolute Gasteiger partial charge is 0.243 e. The van der Waals surface area contributed by atoms with E-state index >= 15 is 0 Å². The van der Waals surface area contributed by atoms with Crippen LogP contribution in [-0.2, 0) is 25.5 Å². The molecule has 4 rings (SSSR count). The monoisotopic (exact) mass is 449 g/mol. The Morgan fingerprint density at radius 3 is 2.76 bits per heavy atom. The molecule has 2 heterocycles. The van der Waals surface area contributed by atoms with Crippen molar-refractivity contribution in [3.63, 3.8) is 0 Å². The van der Waals surface area contributed by atoms with Crippen LogP contribution in [0.15, 0.2) is 48.5 Å². The van der Waals surface area contributed by atoms with Crippen molar-refractivity contribution in [2.45, 2.75) is 25.8 Å². The quantitative estimate of drug-likeness (QED) is 0.702. The van der Waals surface area contributed by atoms with Crippen molar-refractivity contribution in [3.8, 4) is 11.1 Å². The van der Waals surface area contributed by atoms with Crippen LogP contribution in [0.3, 0.4) is 0 Å². The van der Waals surface area contributed by atoms with Crippen molar-refractivity contribution < 1.29 is 19.1 Å². The van der Waals surface area contributed by atoms with Gasteiger partial charge in [0.15, 0.2) is 0 Å². The minimum absolute atomic E-state index is 0.0330.